The molecular weight excluding hydrogens is 447 g/mol. The number of carbonyl (C=O) groups is 1. The molecule has 2 heterocycles. The number of rotatable bonds is 10. The van der Waals surface area contributed by atoms with Gasteiger partial charge in [-0.05, 0) is 78.6 Å². The van der Waals surface area contributed by atoms with Crippen molar-refractivity contribution >= 4 is 11.6 Å². The fourth-order valence-electron chi connectivity index (χ4n) is 3.96. The van der Waals surface area contributed by atoms with Gasteiger partial charge in [-0.1, -0.05) is 6.92 Å². The molecule has 0 spiro atoms. The third-order valence-corrected chi connectivity index (χ3v) is 6.43. The number of ether oxygens (including phenoxy) is 1. The van der Waals surface area contributed by atoms with Gasteiger partial charge in [-0.3, -0.25) is 9.78 Å². The Morgan fingerprint density at radius 1 is 1.20 bits per heavy atom. The van der Waals surface area contributed by atoms with Crippen LogP contribution in [0.5, 0.6) is 5.88 Å². The predicted molar refractivity (Wildman–Crippen MR) is 134 cm³/mol. The molecule has 1 aliphatic rings. The van der Waals surface area contributed by atoms with Crippen LogP contribution < -0.4 is 15.4 Å². The zero-order valence-corrected chi connectivity index (χ0v) is 20.3. The zero-order chi connectivity index (χ0) is 25.0. The average Bonchev–Trinajstić information content (AvgIpc) is 3.60. The molecule has 0 bridgehead atoms. The Bertz CT molecular complexity index is 1230. The van der Waals surface area contributed by atoms with E-state index in [1.165, 1.54) is 18.9 Å². The van der Waals surface area contributed by atoms with E-state index in [4.69, 9.17) is 4.74 Å². The summed E-state index contributed by atoms with van der Waals surface area (Å²) in [6, 6.07) is 10.4. The lowest BCUT2D eigenvalue weighted by atomic mass is 9.98. The Hall–Kier alpha value is -3.52. The van der Waals surface area contributed by atoms with Crippen LogP contribution in [0.1, 0.15) is 42.2 Å². The molecule has 1 amide bonds. The second-order valence-corrected chi connectivity index (χ2v) is 9.29. The number of carbonyl (C=O) groups excluding carboxylic acids is 1. The third-order valence-electron chi connectivity index (χ3n) is 6.43. The summed E-state index contributed by atoms with van der Waals surface area (Å²) in [5.74, 6) is -0.266. The first-order valence-corrected chi connectivity index (χ1v) is 11.8. The molecule has 3 N–H and O–H groups in total. The van der Waals surface area contributed by atoms with Crippen LogP contribution in [0.4, 0.5) is 10.1 Å². The molecule has 2 aromatic heterocycles. The molecule has 7 nitrogen and oxygen atoms in total. The Kier molecular flexibility index (Phi) is 7.31. The third kappa shape index (κ3) is 5.95. The van der Waals surface area contributed by atoms with Crippen LogP contribution in [0, 0.1) is 18.2 Å². The lowest BCUT2D eigenvalue weighted by molar-refractivity contribution is 0.0958. The van der Waals surface area contributed by atoms with Gasteiger partial charge >= 0.3 is 0 Å². The Morgan fingerprint density at radius 2 is 2.00 bits per heavy atom. The molecule has 1 aliphatic carbocycles. The van der Waals surface area contributed by atoms with Crippen LogP contribution in [0.25, 0.3) is 22.4 Å². The number of halogens is 1. The van der Waals surface area contributed by atoms with Crippen molar-refractivity contribution in [2.45, 2.75) is 33.1 Å². The molecule has 0 saturated heterocycles. The van der Waals surface area contributed by atoms with Gasteiger partial charge in [-0.25, -0.2) is 9.37 Å². The largest absolute Gasteiger partial charge is 0.475 e. The number of nitrogens with one attached hydrogen (secondary N) is 2. The maximum Gasteiger partial charge on any atom is 0.269 e. The van der Waals surface area contributed by atoms with E-state index >= 15 is 0 Å². The second kappa shape index (κ2) is 10.4. The van der Waals surface area contributed by atoms with Gasteiger partial charge in [0, 0.05) is 31.4 Å². The van der Waals surface area contributed by atoms with E-state index in [1.54, 1.807) is 31.4 Å². The summed E-state index contributed by atoms with van der Waals surface area (Å²) in [4.78, 5) is 20.8. The van der Waals surface area contributed by atoms with E-state index in [9.17, 15) is 14.3 Å². The van der Waals surface area contributed by atoms with Gasteiger partial charge in [-0.15, -0.1) is 0 Å². The molecule has 1 aromatic carbocycles. The van der Waals surface area contributed by atoms with Crippen molar-refractivity contribution in [2.75, 3.05) is 32.1 Å². The number of nitrogens with zero attached hydrogens (tertiary/aromatic N) is 2. The van der Waals surface area contributed by atoms with Crippen molar-refractivity contribution < 1.29 is 19.0 Å². The van der Waals surface area contributed by atoms with Gasteiger partial charge in [0.2, 0.25) is 5.88 Å². The molecule has 0 aliphatic heterocycles. The summed E-state index contributed by atoms with van der Waals surface area (Å²) in [6.07, 6.45) is 5.00. The number of benzene rings is 1. The second-order valence-electron chi connectivity index (χ2n) is 9.29. The van der Waals surface area contributed by atoms with Gasteiger partial charge in [-0.2, -0.15) is 0 Å². The summed E-state index contributed by atoms with van der Waals surface area (Å²) in [6.45, 7) is 4.76. The molecule has 1 fully saturated rings. The summed E-state index contributed by atoms with van der Waals surface area (Å²) in [5.41, 5.74) is 4.76. The number of hydrogen-bond donors (Lipinski definition) is 3. The van der Waals surface area contributed by atoms with E-state index < -0.39 is 0 Å². The number of pyridine rings is 2. The Labute approximate surface area is 204 Å². The highest BCUT2D eigenvalue weighted by Crippen LogP contribution is 2.48. The van der Waals surface area contributed by atoms with E-state index in [0.717, 1.165) is 23.1 Å². The van der Waals surface area contributed by atoms with Crippen LogP contribution in [0.15, 0.2) is 42.6 Å². The first kappa shape index (κ1) is 24.6. The fraction of sp³-hybridized carbons (Fsp3) is 0.370. The summed E-state index contributed by atoms with van der Waals surface area (Å²) in [5, 5.41) is 15.1. The lowest BCUT2D eigenvalue weighted by Crippen LogP contribution is -2.19. The highest BCUT2D eigenvalue weighted by molar-refractivity contribution is 5.93. The van der Waals surface area contributed by atoms with Crippen molar-refractivity contribution in [1.29, 1.82) is 0 Å². The molecule has 0 atom stereocenters. The molecule has 3 aromatic rings. The number of aromatic nitrogens is 2. The van der Waals surface area contributed by atoms with Crippen LogP contribution in [0.3, 0.4) is 0 Å². The lowest BCUT2D eigenvalue weighted by Gasteiger charge is -2.16. The number of anilines is 1. The van der Waals surface area contributed by atoms with Crippen molar-refractivity contribution in [2.24, 2.45) is 5.41 Å². The Morgan fingerprint density at radius 3 is 2.71 bits per heavy atom. The van der Waals surface area contributed by atoms with E-state index in [2.05, 4.69) is 27.5 Å². The Balaban J connectivity index is 1.72. The van der Waals surface area contributed by atoms with Crippen molar-refractivity contribution in [3.8, 4) is 28.3 Å². The molecular formula is C27H31FN4O3. The summed E-state index contributed by atoms with van der Waals surface area (Å²) >= 11 is 0. The number of amides is 1. The first-order valence-electron chi connectivity index (χ1n) is 11.8. The smallest absolute Gasteiger partial charge is 0.269 e. The van der Waals surface area contributed by atoms with Crippen LogP contribution in [-0.2, 0) is 0 Å². The van der Waals surface area contributed by atoms with Gasteiger partial charge < -0.3 is 20.5 Å². The first-order chi connectivity index (χ1) is 16.8. The SMILES string of the molecule is CNC(=O)c1cc(-c2cc(-c3cc(NCCC4(C)CC4)c(F)cc3C)cc(OCCO)n2)ccn1. The van der Waals surface area contributed by atoms with Crippen LogP contribution in [0.2, 0.25) is 0 Å². The number of aliphatic hydroxyl groups excluding tert-OH is 1. The standard InChI is InChI=1S/C27H31FN4O3/c1-17-12-21(28)23(31-9-7-27(2)5-6-27)16-20(17)19-14-22(32-25(15-19)35-11-10-33)18-4-8-30-24(13-18)26(34)29-3/h4,8,12-16,31,33H,5-7,9-11H2,1-3H3,(H,29,34). The minimum Gasteiger partial charge on any atom is -0.475 e. The van der Waals surface area contributed by atoms with Crippen molar-refractivity contribution in [3.05, 3.63) is 59.7 Å². The van der Waals surface area contributed by atoms with Gasteiger partial charge in [0.25, 0.3) is 5.91 Å². The summed E-state index contributed by atoms with van der Waals surface area (Å²) in [7, 11) is 1.55. The van der Waals surface area contributed by atoms with Crippen LogP contribution in [-0.4, -0.2) is 47.8 Å². The molecule has 0 unspecified atom stereocenters. The van der Waals surface area contributed by atoms with E-state index in [0.29, 0.717) is 34.8 Å². The highest BCUT2D eigenvalue weighted by Gasteiger charge is 2.36. The molecule has 8 heteroatoms. The van der Waals surface area contributed by atoms with E-state index in [-0.39, 0.29) is 30.6 Å². The minimum absolute atomic E-state index is 0.0870. The molecule has 184 valence electrons. The maximum absolute atomic E-state index is 14.8. The number of aliphatic hydroxyl groups is 1. The summed E-state index contributed by atoms with van der Waals surface area (Å²) < 4.78 is 20.4. The van der Waals surface area contributed by atoms with Crippen molar-refractivity contribution in [3.63, 3.8) is 0 Å². The fourth-order valence-corrected chi connectivity index (χ4v) is 3.96. The monoisotopic (exact) mass is 478 g/mol. The normalized spacial score (nSPS) is 13.9. The quantitative estimate of drug-likeness (QED) is 0.394. The minimum atomic E-state index is -0.301. The van der Waals surface area contributed by atoms with Gasteiger partial charge in [0.1, 0.15) is 18.1 Å². The predicted octanol–water partition coefficient (Wildman–Crippen LogP) is 4.59. The van der Waals surface area contributed by atoms with E-state index in [1.807, 2.05) is 19.1 Å². The zero-order valence-electron chi connectivity index (χ0n) is 20.3. The molecule has 4 rings (SSSR count). The molecule has 0 radical (unpaired) electrons. The number of hydrogen-bond acceptors (Lipinski definition) is 6. The maximum atomic E-state index is 14.8. The van der Waals surface area contributed by atoms with Gasteiger partial charge in [0.05, 0.1) is 18.0 Å². The molecule has 1 saturated carbocycles. The average molecular weight is 479 g/mol. The highest BCUT2D eigenvalue weighted by atomic mass is 19.1. The van der Waals surface area contributed by atoms with Gasteiger partial charge in [0.15, 0.2) is 0 Å². The van der Waals surface area contributed by atoms with Crippen LogP contribution >= 0.6 is 0 Å². The number of aryl methyl sites for hydroxylation is 1. The molecule has 35 heavy (non-hydrogen) atoms. The van der Waals surface area contributed by atoms with Crippen molar-refractivity contribution in [1.82, 2.24) is 15.3 Å². The topological polar surface area (TPSA) is 96.4 Å².